The van der Waals surface area contributed by atoms with Gasteiger partial charge in [0.25, 0.3) is 5.91 Å². The van der Waals surface area contributed by atoms with Crippen molar-refractivity contribution in [3.8, 4) is 17.2 Å². The van der Waals surface area contributed by atoms with Crippen molar-refractivity contribution in [3.63, 3.8) is 0 Å². The van der Waals surface area contributed by atoms with Gasteiger partial charge < -0.3 is 14.2 Å². The average Bonchev–Trinajstić information content (AvgIpc) is 2.81. The summed E-state index contributed by atoms with van der Waals surface area (Å²) in [7, 11) is 0. The van der Waals surface area contributed by atoms with E-state index in [1.54, 1.807) is 42.5 Å². The van der Waals surface area contributed by atoms with E-state index >= 15 is 0 Å². The number of hydrogen-bond acceptors (Lipinski definition) is 5. The fraction of sp³-hybridized carbons (Fsp3) is 0.200. The van der Waals surface area contributed by atoms with E-state index in [2.05, 4.69) is 42.4 Å². The van der Waals surface area contributed by atoms with Crippen LogP contribution < -0.4 is 19.6 Å². The maximum atomic E-state index is 14.0. The summed E-state index contributed by atoms with van der Waals surface area (Å²) in [5, 5.41) is 4.08. The first-order valence-corrected chi connectivity index (χ1v) is 12.1. The van der Waals surface area contributed by atoms with Crippen molar-refractivity contribution >= 4 is 44.0 Å². The molecule has 0 unspecified atom stereocenters. The molecule has 1 N–H and O–H groups in total. The quantitative estimate of drug-likeness (QED) is 0.215. The lowest BCUT2D eigenvalue weighted by Gasteiger charge is -2.13. The van der Waals surface area contributed by atoms with Crippen LogP contribution >= 0.6 is 31.9 Å². The second-order valence-electron chi connectivity index (χ2n) is 6.91. The normalized spacial score (nSPS) is 10.9. The summed E-state index contributed by atoms with van der Waals surface area (Å²) in [4.78, 5) is 12.6. The monoisotopic (exact) mass is 592 g/mol. The molecule has 0 aliphatic carbocycles. The number of halogens is 3. The molecule has 9 heteroatoms. The van der Waals surface area contributed by atoms with Crippen LogP contribution in [0.25, 0.3) is 0 Å². The number of amides is 1. The summed E-state index contributed by atoms with van der Waals surface area (Å²) in [6.07, 6.45) is 1.46. The van der Waals surface area contributed by atoms with Gasteiger partial charge in [0.05, 0.1) is 23.9 Å². The number of nitrogens with one attached hydrogen (secondary N) is 1. The molecule has 178 valence electrons. The number of hydrogen-bond donors (Lipinski definition) is 1. The van der Waals surface area contributed by atoms with E-state index in [0.717, 1.165) is 4.47 Å². The van der Waals surface area contributed by atoms with E-state index in [9.17, 15) is 9.18 Å². The molecule has 0 heterocycles. The zero-order chi connectivity index (χ0) is 24.5. The third kappa shape index (κ3) is 6.80. The number of carbonyl (C=O) groups excluding carboxylic acids is 1. The number of hydrazone groups is 1. The smallest absolute Gasteiger partial charge is 0.271 e. The van der Waals surface area contributed by atoms with Crippen LogP contribution in [0.15, 0.2) is 68.6 Å². The molecule has 3 aromatic carbocycles. The highest BCUT2D eigenvalue weighted by Crippen LogP contribution is 2.33. The molecular weight excluding hydrogens is 571 g/mol. The van der Waals surface area contributed by atoms with Gasteiger partial charge in [-0.25, -0.2) is 9.82 Å². The van der Waals surface area contributed by atoms with Crippen molar-refractivity contribution in [2.45, 2.75) is 20.5 Å². The van der Waals surface area contributed by atoms with Crippen LogP contribution in [0.2, 0.25) is 0 Å². The average molecular weight is 594 g/mol. The van der Waals surface area contributed by atoms with Crippen molar-refractivity contribution < 1.29 is 23.4 Å². The number of ether oxygens (including phenoxy) is 3. The Bertz CT molecular complexity index is 1190. The maximum Gasteiger partial charge on any atom is 0.271 e. The zero-order valence-electron chi connectivity index (χ0n) is 18.6. The fourth-order valence-corrected chi connectivity index (χ4v) is 4.38. The van der Waals surface area contributed by atoms with Crippen molar-refractivity contribution in [2.75, 3.05) is 13.2 Å². The minimum absolute atomic E-state index is 0.0342. The Morgan fingerprint density at radius 2 is 1.74 bits per heavy atom. The van der Waals surface area contributed by atoms with Gasteiger partial charge >= 0.3 is 0 Å². The molecule has 3 aromatic rings. The molecule has 0 saturated heterocycles. The van der Waals surface area contributed by atoms with E-state index in [0.29, 0.717) is 51.6 Å². The van der Waals surface area contributed by atoms with E-state index in [1.165, 1.54) is 12.3 Å². The van der Waals surface area contributed by atoms with Gasteiger partial charge in [-0.1, -0.05) is 34.1 Å². The van der Waals surface area contributed by atoms with Gasteiger partial charge in [0.15, 0.2) is 11.5 Å². The Morgan fingerprint density at radius 3 is 2.47 bits per heavy atom. The summed E-state index contributed by atoms with van der Waals surface area (Å²) < 4.78 is 32.4. The molecule has 34 heavy (non-hydrogen) atoms. The zero-order valence-corrected chi connectivity index (χ0v) is 21.8. The highest BCUT2D eigenvalue weighted by atomic mass is 79.9. The largest absolute Gasteiger partial charge is 0.490 e. The molecule has 0 spiro atoms. The molecule has 0 radical (unpaired) electrons. The minimum atomic E-state index is -0.414. The van der Waals surface area contributed by atoms with Crippen molar-refractivity contribution in [1.82, 2.24) is 5.43 Å². The first-order chi connectivity index (χ1) is 16.4. The summed E-state index contributed by atoms with van der Waals surface area (Å²) >= 11 is 6.90. The summed E-state index contributed by atoms with van der Waals surface area (Å²) in [5.74, 6) is 0.757. The van der Waals surface area contributed by atoms with Crippen molar-refractivity contribution in [1.29, 1.82) is 0 Å². The van der Waals surface area contributed by atoms with E-state index in [4.69, 9.17) is 14.2 Å². The van der Waals surface area contributed by atoms with Gasteiger partial charge in [0.1, 0.15) is 18.2 Å². The molecule has 3 rings (SSSR count). The van der Waals surface area contributed by atoms with Crippen LogP contribution in [0, 0.1) is 5.82 Å². The van der Waals surface area contributed by atoms with Crippen LogP contribution in [0.4, 0.5) is 4.39 Å². The third-order valence-corrected chi connectivity index (χ3v) is 5.59. The summed E-state index contributed by atoms with van der Waals surface area (Å²) in [6, 6.07) is 14.9. The van der Waals surface area contributed by atoms with Gasteiger partial charge in [-0.15, -0.1) is 0 Å². The van der Waals surface area contributed by atoms with E-state index in [1.807, 2.05) is 19.9 Å². The molecule has 0 bridgehead atoms. The third-order valence-electron chi connectivity index (χ3n) is 4.54. The second-order valence-corrected chi connectivity index (χ2v) is 8.68. The molecule has 0 aromatic heterocycles. The van der Waals surface area contributed by atoms with E-state index < -0.39 is 5.91 Å². The number of nitrogens with zero attached hydrogens (tertiary/aromatic N) is 1. The number of carbonyl (C=O) groups is 1. The highest BCUT2D eigenvalue weighted by molar-refractivity contribution is 9.11. The fourth-order valence-electron chi connectivity index (χ4n) is 3.01. The van der Waals surface area contributed by atoms with Gasteiger partial charge in [-0.05, 0) is 66.2 Å². The molecule has 0 aliphatic heterocycles. The molecular formula is C25H23Br2FN2O4. The molecule has 6 nitrogen and oxygen atoms in total. The molecule has 0 fully saturated rings. The second kappa shape index (κ2) is 12.5. The first kappa shape index (κ1) is 25.7. The lowest BCUT2D eigenvalue weighted by molar-refractivity contribution is 0.0954. The van der Waals surface area contributed by atoms with Gasteiger partial charge in [-0.3, -0.25) is 4.79 Å². The van der Waals surface area contributed by atoms with Crippen LogP contribution in [-0.2, 0) is 6.61 Å². The van der Waals surface area contributed by atoms with Gasteiger partial charge in [-0.2, -0.15) is 5.10 Å². The van der Waals surface area contributed by atoms with Crippen LogP contribution in [-0.4, -0.2) is 25.3 Å². The standard InChI is InChI=1S/C25H23Br2FN2O4/c1-3-32-22-10-9-16(12-23(22)33-4-2)25(31)30-29-14-18-11-19(26)13-20(27)24(18)34-15-17-7-5-6-8-21(17)28/h5-14H,3-4,15H2,1-2H3,(H,30,31)/b29-14+. The summed E-state index contributed by atoms with van der Waals surface area (Å²) in [6.45, 7) is 4.69. The highest BCUT2D eigenvalue weighted by Gasteiger charge is 2.13. The first-order valence-electron chi connectivity index (χ1n) is 10.5. The predicted molar refractivity (Wildman–Crippen MR) is 136 cm³/mol. The van der Waals surface area contributed by atoms with Crippen LogP contribution in [0.1, 0.15) is 35.3 Å². The van der Waals surface area contributed by atoms with Crippen molar-refractivity contribution in [2.24, 2.45) is 5.10 Å². The maximum absolute atomic E-state index is 14.0. The number of rotatable bonds is 10. The Kier molecular flexibility index (Phi) is 9.47. The SMILES string of the molecule is CCOc1ccc(C(=O)N/N=C/c2cc(Br)cc(Br)c2OCc2ccccc2F)cc1OCC. The Balaban J connectivity index is 1.75. The lowest BCUT2D eigenvalue weighted by atomic mass is 10.2. The van der Waals surface area contributed by atoms with Crippen LogP contribution in [0.5, 0.6) is 17.2 Å². The Labute approximate surface area is 214 Å². The lowest BCUT2D eigenvalue weighted by Crippen LogP contribution is -2.18. The molecule has 0 atom stereocenters. The van der Waals surface area contributed by atoms with E-state index in [-0.39, 0.29) is 12.4 Å². The predicted octanol–water partition coefficient (Wildman–Crippen LogP) is 6.49. The molecule has 0 saturated carbocycles. The van der Waals surface area contributed by atoms with Gasteiger partial charge in [0, 0.05) is 21.2 Å². The summed E-state index contributed by atoms with van der Waals surface area (Å²) in [5.41, 5.74) is 3.88. The molecule has 1 amide bonds. The molecule has 0 aliphatic rings. The topological polar surface area (TPSA) is 69.2 Å². The Morgan fingerprint density at radius 1 is 1.00 bits per heavy atom. The Hall–Kier alpha value is -2.91. The van der Waals surface area contributed by atoms with Gasteiger partial charge in [0.2, 0.25) is 0 Å². The van der Waals surface area contributed by atoms with Crippen molar-refractivity contribution in [3.05, 3.63) is 86.1 Å². The minimum Gasteiger partial charge on any atom is -0.490 e. The van der Waals surface area contributed by atoms with Crippen LogP contribution in [0.3, 0.4) is 0 Å². The number of benzene rings is 3.